The van der Waals surface area contributed by atoms with E-state index in [2.05, 4.69) is 36.3 Å². The number of likely N-dealkylation sites (N-methyl/N-ethyl adjacent to an activating group) is 1. The molecule has 0 saturated carbocycles. The fourth-order valence-corrected chi connectivity index (χ4v) is 2.59. The first-order valence-electron chi connectivity index (χ1n) is 8.83. The van der Waals surface area contributed by atoms with Crippen molar-refractivity contribution in [2.24, 2.45) is 0 Å². The second-order valence-electron chi connectivity index (χ2n) is 5.67. The van der Waals surface area contributed by atoms with Crippen LogP contribution < -0.4 is 15.4 Å². The normalized spacial score (nSPS) is 10.7. The maximum atomic E-state index is 12.5. The fourth-order valence-electron chi connectivity index (χ4n) is 2.38. The zero-order chi connectivity index (χ0) is 20.2. The van der Waals surface area contributed by atoms with E-state index in [1.54, 1.807) is 6.42 Å². The molecule has 1 aromatic carbocycles. The standard InChI is InChI=1S/C19H28ClN3O4/c1-5-10-27-13-18(24)22-16-12-17(26-4)14(11-15(16)20)19(25)21-8-9-23(6-2)7-3/h5,11-12H,1,6-10,13H2,2-4H3,(H,21,25)(H,22,24). The third-order valence-electron chi connectivity index (χ3n) is 3.88. The Hall–Kier alpha value is -1.83. The summed E-state index contributed by atoms with van der Waals surface area (Å²) in [7, 11) is 1.45. The lowest BCUT2D eigenvalue weighted by atomic mass is 10.1. The summed E-state index contributed by atoms with van der Waals surface area (Å²) in [6, 6.07) is 3.00. The predicted molar refractivity (Wildman–Crippen MR) is 107 cm³/mol. The first-order valence-corrected chi connectivity index (χ1v) is 9.21. The molecule has 150 valence electrons. The molecule has 1 aromatic rings. The maximum Gasteiger partial charge on any atom is 0.255 e. The van der Waals surface area contributed by atoms with Crippen LogP contribution in [0.5, 0.6) is 5.75 Å². The van der Waals surface area contributed by atoms with Crippen molar-refractivity contribution in [2.45, 2.75) is 13.8 Å². The summed E-state index contributed by atoms with van der Waals surface area (Å²) in [5, 5.41) is 5.73. The predicted octanol–water partition coefficient (Wildman–Crippen LogP) is 2.41. The number of benzene rings is 1. The molecule has 0 aromatic heterocycles. The Bertz CT molecular complexity index is 621. The Labute approximate surface area is 166 Å². The number of methoxy groups -OCH3 is 1. The van der Waals surface area contributed by atoms with Gasteiger partial charge in [-0.15, -0.1) is 0 Å². The Balaban J connectivity index is 2.77. The van der Waals surface area contributed by atoms with E-state index in [9.17, 15) is 9.59 Å². The summed E-state index contributed by atoms with van der Waals surface area (Å²) < 4.78 is 10.4. The van der Waals surface area contributed by atoms with Crippen LogP contribution in [0, 0.1) is 13.3 Å². The van der Waals surface area contributed by atoms with E-state index in [1.165, 1.54) is 19.2 Å². The highest BCUT2D eigenvalue weighted by molar-refractivity contribution is 6.34. The second kappa shape index (κ2) is 12.5. The van der Waals surface area contributed by atoms with Crippen LogP contribution >= 0.6 is 11.6 Å². The summed E-state index contributed by atoms with van der Waals surface area (Å²) in [6.45, 7) is 10.9. The van der Waals surface area contributed by atoms with Crippen molar-refractivity contribution >= 4 is 29.1 Å². The topological polar surface area (TPSA) is 79.9 Å². The van der Waals surface area contributed by atoms with Gasteiger partial charge in [0.05, 0.1) is 30.0 Å². The van der Waals surface area contributed by atoms with E-state index in [0.717, 1.165) is 19.6 Å². The van der Waals surface area contributed by atoms with E-state index >= 15 is 0 Å². The highest BCUT2D eigenvalue weighted by atomic mass is 35.5. The summed E-state index contributed by atoms with van der Waals surface area (Å²) >= 11 is 6.22. The summed E-state index contributed by atoms with van der Waals surface area (Å²) in [6.07, 6.45) is 1.55. The third kappa shape index (κ3) is 7.74. The highest BCUT2D eigenvalue weighted by Crippen LogP contribution is 2.31. The number of hydrogen-bond acceptors (Lipinski definition) is 5. The monoisotopic (exact) mass is 397 g/mol. The number of halogens is 1. The van der Waals surface area contributed by atoms with Gasteiger partial charge in [0.1, 0.15) is 12.4 Å². The quantitative estimate of drug-likeness (QED) is 0.529. The van der Waals surface area contributed by atoms with Crippen molar-refractivity contribution in [1.82, 2.24) is 10.2 Å². The van der Waals surface area contributed by atoms with Gasteiger partial charge in [-0.2, -0.15) is 0 Å². The van der Waals surface area contributed by atoms with Crippen molar-refractivity contribution in [1.29, 1.82) is 0 Å². The minimum Gasteiger partial charge on any atom is -0.496 e. The lowest BCUT2D eigenvalue weighted by Gasteiger charge is -2.18. The SMILES string of the molecule is [CH2][CH]COCC(=O)Nc1cc(OC)c(C(=O)NCCN(CC)CC)cc1Cl. The number of carbonyl (C=O) groups is 2. The van der Waals surface area contributed by atoms with Crippen LogP contribution in [0.1, 0.15) is 24.2 Å². The number of ether oxygens (including phenoxy) is 2. The molecule has 7 nitrogen and oxygen atoms in total. The van der Waals surface area contributed by atoms with E-state index in [0.29, 0.717) is 23.5 Å². The van der Waals surface area contributed by atoms with Gasteiger partial charge in [0.15, 0.2) is 0 Å². The molecule has 8 heteroatoms. The molecule has 0 aliphatic heterocycles. The largest absolute Gasteiger partial charge is 0.496 e. The summed E-state index contributed by atoms with van der Waals surface area (Å²) in [5.74, 6) is -0.327. The Morgan fingerprint density at radius 2 is 2.00 bits per heavy atom. The van der Waals surface area contributed by atoms with Crippen molar-refractivity contribution in [2.75, 3.05) is 51.8 Å². The van der Waals surface area contributed by atoms with Crippen LogP contribution in [0.4, 0.5) is 5.69 Å². The van der Waals surface area contributed by atoms with Crippen molar-refractivity contribution in [3.8, 4) is 5.75 Å². The van der Waals surface area contributed by atoms with Gasteiger partial charge in [-0.25, -0.2) is 0 Å². The van der Waals surface area contributed by atoms with Gasteiger partial charge in [0.2, 0.25) is 5.91 Å². The molecule has 2 radical (unpaired) electrons. The molecule has 1 rings (SSSR count). The van der Waals surface area contributed by atoms with Crippen molar-refractivity contribution in [3.63, 3.8) is 0 Å². The number of hydrogen-bond donors (Lipinski definition) is 2. The molecule has 0 fully saturated rings. The van der Waals surface area contributed by atoms with Gasteiger partial charge in [0, 0.05) is 19.2 Å². The van der Waals surface area contributed by atoms with Crippen LogP contribution in [-0.2, 0) is 9.53 Å². The van der Waals surface area contributed by atoms with Crippen LogP contribution in [-0.4, -0.2) is 63.2 Å². The minimum atomic E-state index is -0.364. The lowest BCUT2D eigenvalue weighted by Crippen LogP contribution is -2.35. The first kappa shape index (κ1) is 23.2. The highest BCUT2D eigenvalue weighted by Gasteiger charge is 2.17. The maximum absolute atomic E-state index is 12.5. The van der Waals surface area contributed by atoms with Crippen LogP contribution in [0.3, 0.4) is 0 Å². The van der Waals surface area contributed by atoms with Crippen LogP contribution in [0.25, 0.3) is 0 Å². The molecule has 0 bridgehead atoms. The number of amides is 2. The Morgan fingerprint density at radius 1 is 1.30 bits per heavy atom. The first-order chi connectivity index (χ1) is 13.0. The summed E-state index contributed by atoms with van der Waals surface area (Å²) in [4.78, 5) is 26.5. The van der Waals surface area contributed by atoms with Gasteiger partial charge in [-0.05, 0) is 32.5 Å². The van der Waals surface area contributed by atoms with Crippen molar-refractivity contribution in [3.05, 3.63) is 36.1 Å². The molecule has 0 spiro atoms. The molecular weight excluding hydrogens is 370 g/mol. The minimum absolute atomic E-state index is 0.127. The average Bonchev–Trinajstić information content (AvgIpc) is 2.66. The van der Waals surface area contributed by atoms with Crippen LogP contribution in [0.15, 0.2) is 12.1 Å². The van der Waals surface area contributed by atoms with Gasteiger partial charge < -0.3 is 25.0 Å². The van der Waals surface area contributed by atoms with Gasteiger partial charge in [-0.3, -0.25) is 9.59 Å². The van der Waals surface area contributed by atoms with E-state index in [1.807, 2.05) is 0 Å². The smallest absolute Gasteiger partial charge is 0.255 e. The molecule has 0 heterocycles. The molecule has 2 amide bonds. The zero-order valence-electron chi connectivity index (χ0n) is 16.1. The average molecular weight is 398 g/mol. The number of carbonyl (C=O) groups excluding carboxylic acids is 2. The van der Waals surface area contributed by atoms with E-state index < -0.39 is 0 Å². The van der Waals surface area contributed by atoms with Crippen molar-refractivity contribution < 1.29 is 19.1 Å². The van der Waals surface area contributed by atoms with Gasteiger partial charge in [0.25, 0.3) is 5.91 Å². The number of rotatable bonds is 12. The number of anilines is 1. The molecule has 0 aliphatic carbocycles. The zero-order valence-corrected chi connectivity index (χ0v) is 16.9. The molecular formula is C19H28ClN3O4. The number of nitrogens with zero attached hydrogens (tertiary/aromatic N) is 1. The Morgan fingerprint density at radius 3 is 2.59 bits per heavy atom. The lowest BCUT2D eigenvalue weighted by molar-refractivity contribution is -0.120. The molecule has 27 heavy (non-hydrogen) atoms. The summed E-state index contributed by atoms with van der Waals surface area (Å²) in [5.41, 5.74) is 0.656. The van der Waals surface area contributed by atoms with Crippen LogP contribution in [0.2, 0.25) is 5.02 Å². The van der Waals surface area contributed by atoms with E-state index in [4.69, 9.17) is 21.1 Å². The van der Waals surface area contributed by atoms with Gasteiger partial charge in [-0.1, -0.05) is 25.4 Å². The molecule has 0 atom stereocenters. The molecule has 0 aliphatic rings. The fraction of sp³-hybridized carbons (Fsp3) is 0.474. The Kier molecular flexibility index (Phi) is 10.8. The molecule has 0 saturated heterocycles. The number of nitrogens with one attached hydrogen (secondary N) is 2. The molecule has 0 unspecified atom stereocenters. The second-order valence-corrected chi connectivity index (χ2v) is 6.07. The van der Waals surface area contributed by atoms with E-state index in [-0.39, 0.29) is 30.1 Å². The third-order valence-corrected chi connectivity index (χ3v) is 4.20. The van der Waals surface area contributed by atoms with Gasteiger partial charge >= 0.3 is 0 Å². The molecule has 2 N–H and O–H groups in total.